The van der Waals surface area contributed by atoms with Crippen molar-refractivity contribution >= 4 is 33.7 Å². The van der Waals surface area contributed by atoms with Crippen molar-refractivity contribution in [3.8, 4) is 5.75 Å². The van der Waals surface area contributed by atoms with Gasteiger partial charge in [0.2, 0.25) is 15.9 Å². The zero-order chi connectivity index (χ0) is 21.6. The van der Waals surface area contributed by atoms with Gasteiger partial charge in [-0.25, -0.2) is 8.42 Å². The Hall–Kier alpha value is -2.97. The minimum atomic E-state index is -3.50. The number of amides is 1. The highest BCUT2D eigenvalue weighted by atomic mass is 32.2. The molecule has 7 nitrogen and oxygen atoms in total. The van der Waals surface area contributed by atoms with Gasteiger partial charge in [0.05, 0.1) is 4.90 Å². The molecule has 0 aromatic heterocycles. The highest BCUT2D eigenvalue weighted by molar-refractivity contribution is 7.89. The van der Waals surface area contributed by atoms with E-state index in [1.54, 1.807) is 42.5 Å². The van der Waals surface area contributed by atoms with Crippen molar-refractivity contribution in [1.29, 1.82) is 0 Å². The topological polar surface area (TPSA) is 92.8 Å². The molecule has 1 fully saturated rings. The monoisotopic (exact) mass is 428 g/mol. The number of sulfonamides is 1. The summed E-state index contributed by atoms with van der Waals surface area (Å²) >= 11 is 0. The van der Waals surface area contributed by atoms with Crippen LogP contribution in [0.1, 0.15) is 31.7 Å². The number of rotatable bonds is 6. The first kappa shape index (κ1) is 21.7. The lowest BCUT2D eigenvalue weighted by Gasteiger charge is -2.25. The second kappa shape index (κ2) is 9.69. The summed E-state index contributed by atoms with van der Waals surface area (Å²) in [5.41, 5.74) is 1.20. The van der Waals surface area contributed by atoms with Crippen LogP contribution in [0.2, 0.25) is 0 Å². The molecular formula is C22H24N2O5S. The average molecular weight is 429 g/mol. The Bertz CT molecular complexity index is 1040. The van der Waals surface area contributed by atoms with Gasteiger partial charge in [-0.2, -0.15) is 4.31 Å². The first-order valence-corrected chi connectivity index (χ1v) is 11.2. The van der Waals surface area contributed by atoms with E-state index in [9.17, 15) is 18.0 Å². The fraction of sp³-hybridized carbons (Fsp3) is 0.273. The maximum absolute atomic E-state index is 12.7. The third-order valence-electron chi connectivity index (χ3n) is 4.62. The normalized spacial score (nSPS) is 15.1. The Morgan fingerprint density at radius 1 is 1.03 bits per heavy atom. The van der Waals surface area contributed by atoms with Crippen molar-refractivity contribution in [2.45, 2.75) is 31.1 Å². The van der Waals surface area contributed by atoms with Crippen molar-refractivity contribution in [3.05, 3.63) is 60.2 Å². The number of carbonyl (C=O) groups is 2. The fourth-order valence-electron chi connectivity index (χ4n) is 3.17. The second-order valence-electron chi connectivity index (χ2n) is 6.98. The van der Waals surface area contributed by atoms with Crippen LogP contribution in [0.25, 0.3) is 6.08 Å². The molecule has 0 bridgehead atoms. The van der Waals surface area contributed by atoms with Gasteiger partial charge in [0.25, 0.3) is 0 Å². The molecule has 3 rings (SSSR count). The van der Waals surface area contributed by atoms with Crippen LogP contribution >= 0.6 is 0 Å². The summed E-state index contributed by atoms with van der Waals surface area (Å²) in [6, 6.07) is 12.9. The van der Waals surface area contributed by atoms with Gasteiger partial charge in [0, 0.05) is 31.8 Å². The average Bonchev–Trinajstić information content (AvgIpc) is 2.73. The molecule has 1 N–H and O–H groups in total. The van der Waals surface area contributed by atoms with E-state index >= 15 is 0 Å². The number of nitrogens with one attached hydrogen (secondary N) is 1. The lowest BCUT2D eigenvalue weighted by molar-refractivity contribution is -0.131. The number of piperidine rings is 1. The molecule has 1 heterocycles. The van der Waals surface area contributed by atoms with Gasteiger partial charge in [-0.1, -0.05) is 18.6 Å². The number of nitrogens with zero attached hydrogens (tertiary/aromatic N) is 1. The Morgan fingerprint density at radius 2 is 1.73 bits per heavy atom. The minimum Gasteiger partial charge on any atom is -0.427 e. The lowest BCUT2D eigenvalue weighted by Crippen LogP contribution is -2.35. The molecule has 30 heavy (non-hydrogen) atoms. The molecule has 0 spiro atoms. The van der Waals surface area contributed by atoms with E-state index in [1.807, 2.05) is 0 Å². The highest BCUT2D eigenvalue weighted by Crippen LogP contribution is 2.22. The molecule has 8 heteroatoms. The van der Waals surface area contributed by atoms with Crippen molar-refractivity contribution in [2.24, 2.45) is 0 Å². The highest BCUT2D eigenvalue weighted by Gasteiger charge is 2.25. The van der Waals surface area contributed by atoms with Crippen molar-refractivity contribution in [3.63, 3.8) is 0 Å². The third-order valence-corrected chi connectivity index (χ3v) is 6.53. The minimum absolute atomic E-state index is 0.222. The van der Waals surface area contributed by atoms with E-state index in [1.165, 1.54) is 29.4 Å². The predicted octanol–water partition coefficient (Wildman–Crippen LogP) is 3.44. The summed E-state index contributed by atoms with van der Waals surface area (Å²) in [6.07, 6.45) is 5.76. The van der Waals surface area contributed by atoms with E-state index in [0.717, 1.165) is 19.3 Å². The number of anilines is 1. The summed E-state index contributed by atoms with van der Waals surface area (Å²) in [6.45, 7) is 2.41. The van der Waals surface area contributed by atoms with E-state index in [2.05, 4.69) is 5.32 Å². The molecule has 0 saturated carbocycles. The van der Waals surface area contributed by atoms with Gasteiger partial charge in [0.1, 0.15) is 5.75 Å². The predicted molar refractivity (Wildman–Crippen MR) is 114 cm³/mol. The Balaban J connectivity index is 1.62. The van der Waals surface area contributed by atoms with Gasteiger partial charge in [-0.05, 0) is 60.9 Å². The van der Waals surface area contributed by atoms with Gasteiger partial charge in [-0.15, -0.1) is 0 Å². The summed E-state index contributed by atoms with van der Waals surface area (Å²) in [5.74, 6) is -0.380. The van der Waals surface area contributed by atoms with E-state index < -0.39 is 16.0 Å². The van der Waals surface area contributed by atoms with Crippen LogP contribution in [-0.2, 0) is 19.6 Å². The van der Waals surface area contributed by atoms with E-state index in [-0.39, 0.29) is 10.8 Å². The standard InChI is InChI=1S/C22H24N2O5S/c1-17(25)29-20-7-5-6-18(16-20)8-13-22(26)23-19-9-11-21(12-10-19)30(27,28)24-14-3-2-4-15-24/h5-13,16H,2-4,14-15H2,1H3,(H,23,26)/b13-8+. The quantitative estimate of drug-likeness (QED) is 0.432. The molecule has 2 aromatic rings. The van der Waals surface area contributed by atoms with E-state index in [4.69, 9.17) is 4.74 Å². The number of carbonyl (C=O) groups excluding carboxylic acids is 2. The van der Waals surface area contributed by atoms with Crippen molar-refractivity contribution in [1.82, 2.24) is 4.31 Å². The van der Waals surface area contributed by atoms with Gasteiger partial charge < -0.3 is 10.1 Å². The zero-order valence-corrected chi connectivity index (χ0v) is 17.5. The summed E-state index contributed by atoms with van der Waals surface area (Å²) in [7, 11) is -3.50. The summed E-state index contributed by atoms with van der Waals surface area (Å²) in [4.78, 5) is 23.4. The number of hydrogen-bond donors (Lipinski definition) is 1. The molecule has 0 unspecified atom stereocenters. The molecule has 158 valence electrons. The van der Waals surface area contributed by atoms with Gasteiger partial charge in [-0.3, -0.25) is 9.59 Å². The first-order chi connectivity index (χ1) is 14.3. The number of benzene rings is 2. The van der Waals surface area contributed by atoms with Crippen LogP contribution in [0.3, 0.4) is 0 Å². The Kier molecular flexibility index (Phi) is 7.02. The number of hydrogen-bond acceptors (Lipinski definition) is 5. The van der Waals surface area contributed by atoms with Crippen LogP contribution in [0, 0.1) is 0 Å². The van der Waals surface area contributed by atoms with Crippen molar-refractivity contribution < 1.29 is 22.7 Å². The molecule has 0 aliphatic carbocycles. The van der Waals surface area contributed by atoms with Crippen molar-refractivity contribution in [2.75, 3.05) is 18.4 Å². The van der Waals surface area contributed by atoms with E-state index in [0.29, 0.717) is 30.1 Å². The van der Waals surface area contributed by atoms with Crippen LogP contribution in [0.15, 0.2) is 59.5 Å². The molecule has 0 radical (unpaired) electrons. The maximum Gasteiger partial charge on any atom is 0.308 e. The number of esters is 1. The lowest BCUT2D eigenvalue weighted by atomic mass is 10.2. The molecule has 2 aromatic carbocycles. The van der Waals surface area contributed by atoms with Crippen LogP contribution in [0.5, 0.6) is 5.75 Å². The third kappa shape index (κ3) is 5.77. The fourth-order valence-corrected chi connectivity index (χ4v) is 4.69. The van der Waals surface area contributed by atoms with Gasteiger partial charge in [0.15, 0.2) is 0 Å². The number of ether oxygens (including phenoxy) is 1. The second-order valence-corrected chi connectivity index (χ2v) is 8.92. The smallest absolute Gasteiger partial charge is 0.308 e. The first-order valence-electron chi connectivity index (χ1n) is 9.72. The largest absolute Gasteiger partial charge is 0.427 e. The molecule has 1 amide bonds. The molecular weight excluding hydrogens is 404 g/mol. The Morgan fingerprint density at radius 3 is 2.40 bits per heavy atom. The zero-order valence-electron chi connectivity index (χ0n) is 16.7. The summed E-state index contributed by atoms with van der Waals surface area (Å²) in [5, 5.41) is 2.70. The molecule has 1 aliphatic heterocycles. The van der Waals surface area contributed by atoms with Crippen LogP contribution in [0.4, 0.5) is 5.69 Å². The van der Waals surface area contributed by atoms with Crippen LogP contribution < -0.4 is 10.1 Å². The van der Waals surface area contributed by atoms with Gasteiger partial charge >= 0.3 is 5.97 Å². The molecule has 1 saturated heterocycles. The molecule has 0 atom stereocenters. The SMILES string of the molecule is CC(=O)Oc1cccc(/C=C/C(=O)Nc2ccc(S(=O)(=O)N3CCCCC3)cc2)c1. The molecule has 1 aliphatic rings. The summed E-state index contributed by atoms with van der Waals surface area (Å²) < 4.78 is 31.9. The maximum atomic E-state index is 12.7. The van der Waals surface area contributed by atoms with Crippen LogP contribution in [-0.4, -0.2) is 37.7 Å². The Labute approximate surface area is 176 Å².